The lowest BCUT2D eigenvalue weighted by Gasteiger charge is -2.18. The predicted molar refractivity (Wildman–Crippen MR) is 64.0 cm³/mol. The Hall–Kier alpha value is -1.46. The van der Waals surface area contributed by atoms with Crippen LogP contribution < -0.4 is 5.32 Å². The van der Waals surface area contributed by atoms with Crippen LogP contribution in [-0.2, 0) is 0 Å². The van der Waals surface area contributed by atoms with Gasteiger partial charge in [-0.25, -0.2) is 0 Å². The normalized spacial score (nSPS) is 18.3. The van der Waals surface area contributed by atoms with E-state index in [1.165, 1.54) is 11.3 Å². The quantitative estimate of drug-likeness (QED) is 0.748. The van der Waals surface area contributed by atoms with Crippen LogP contribution in [0.4, 0.5) is 5.69 Å². The Morgan fingerprint density at radius 2 is 2.33 bits per heavy atom. The van der Waals surface area contributed by atoms with Crippen molar-refractivity contribution in [2.45, 2.75) is 5.92 Å². The van der Waals surface area contributed by atoms with Crippen LogP contribution in [0, 0.1) is 12.3 Å². The summed E-state index contributed by atoms with van der Waals surface area (Å²) in [6, 6.07) is 8.50. The monoisotopic (exact) mass is 200 g/mol. The van der Waals surface area contributed by atoms with Crippen molar-refractivity contribution in [3.05, 3.63) is 29.8 Å². The largest absolute Gasteiger partial charge is 0.384 e. The number of terminal acetylenes is 1. The van der Waals surface area contributed by atoms with Crippen LogP contribution >= 0.6 is 0 Å². The molecule has 0 saturated heterocycles. The third kappa shape index (κ3) is 2.14. The summed E-state index contributed by atoms with van der Waals surface area (Å²) in [6.07, 6.45) is 5.29. The average molecular weight is 200 g/mol. The first kappa shape index (κ1) is 10.1. The van der Waals surface area contributed by atoms with Crippen LogP contribution in [0.25, 0.3) is 0 Å². The number of benzene rings is 1. The molecule has 1 aromatic carbocycles. The molecule has 15 heavy (non-hydrogen) atoms. The first-order chi connectivity index (χ1) is 7.31. The smallest absolute Gasteiger partial charge is 0.0596 e. The highest BCUT2D eigenvalue weighted by atomic mass is 15.1. The van der Waals surface area contributed by atoms with Crippen molar-refractivity contribution < 1.29 is 0 Å². The summed E-state index contributed by atoms with van der Waals surface area (Å²) in [6.45, 7) is 2.77. The Bertz CT molecular complexity index is 378. The molecule has 2 rings (SSSR count). The van der Waals surface area contributed by atoms with E-state index in [2.05, 4.69) is 47.5 Å². The van der Waals surface area contributed by atoms with Gasteiger partial charge in [0.05, 0.1) is 6.54 Å². The van der Waals surface area contributed by atoms with Crippen molar-refractivity contribution in [1.82, 2.24) is 4.90 Å². The van der Waals surface area contributed by atoms with Crippen LogP contribution in [0.1, 0.15) is 11.5 Å². The van der Waals surface area contributed by atoms with Gasteiger partial charge in [-0.05, 0) is 18.7 Å². The molecule has 1 aliphatic heterocycles. The molecule has 0 bridgehead atoms. The minimum absolute atomic E-state index is 0.569. The molecule has 1 N–H and O–H groups in total. The topological polar surface area (TPSA) is 15.3 Å². The van der Waals surface area contributed by atoms with Gasteiger partial charge >= 0.3 is 0 Å². The van der Waals surface area contributed by atoms with E-state index in [1.54, 1.807) is 0 Å². The highest BCUT2D eigenvalue weighted by molar-refractivity contribution is 5.57. The molecule has 0 radical (unpaired) electrons. The fourth-order valence-electron chi connectivity index (χ4n) is 2.12. The van der Waals surface area contributed by atoms with Crippen molar-refractivity contribution in [2.24, 2.45) is 0 Å². The number of nitrogens with one attached hydrogen (secondary N) is 1. The highest BCUT2D eigenvalue weighted by Crippen LogP contribution is 2.31. The summed E-state index contributed by atoms with van der Waals surface area (Å²) in [4.78, 5) is 2.19. The zero-order valence-corrected chi connectivity index (χ0v) is 9.03. The molecular weight excluding hydrogens is 184 g/mol. The lowest BCUT2D eigenvalue weighted by Crippen LogP contribution is -2.25. The SMILES string of the molecule is C#CCN(C)CC1CNc2ccccc21. The van der Waals surface area contributed by atoms with Gasteiger partial charge in [0.15, 0.2) is 0 Å². The molecule has 1 atom stereocenters. The molecule has 0 spiro atoms. The number of hydrogen-bond acceptors (Lipinski definition) is 2. The lowest BCUT2D eigenvalue weighted by atomic mass is 10.0. The Kier molecular flexibility index (Phi) is 2.94. The van der Waals surface area contributed by atoms with E-state index in [-0.39, 0.29) is 0 Å². The summed E-state index contributed by atoms with van der Waals surface area (Å²) in [5, 5.41) is 3.42. The second kappa shape index (κ2) is 4.37. The van der Waals surface area contributed by atoms with Gasteiger partial charge in [-0.2, -0.15) is 0 Å². The van der Waals surface area contributed by atoms with Crippen molar-refractivity contribution in [1.29, 1.82) is 0 Å². The van der Waals surface area contributed by atoms with E-state index in [4.69, 9.17) is 6.42 Å². The number of fused-ring (bicyclic) bond motifs is 1. The lowest BCUT2D eigenvalue weighted by molar-refractivity contribution is 0.354. The maximum atomic E-state index is 5.29. The third-order valence-electron chi connectivity index (χ3n) is 2.83. The second-order valence-corrected chi connectivity index (χ2v) is 4.07. The van der Waals surface area contributed by atoms with Crippen LogP contribution in [0.15, 0.2) is 24.3 Å². The van der Waals surface area contributed by atoms with Gasteiger partial charge < -0.3 is 5.32 Å². The molecule has 0 amide bonds. The molecule has 1 unspecified atom stereocenters. The first-order valence-electron chi connectivity index (χ1n) is 5.26. The second-order valence-electron chi connectivity index (χ2n) is 4.07. The molecule has 1 aliphatic rings. The Morgan fingerprint density at radius 1 is 1.53 bits per heavy atom. The van der Waals surface area contributed by atoms with E-state index in [9.17, 15) is 0 Å². The highest BCUT2D eigenvalue weighted by Gasteiger charge is 2.22. The molecule has 0 aromatic heterocycles. The number of nitrogens with zero attached hydrogens (tertiary/aromatic N) is 1. The van der Waals surface area contributed by atoms with Crippen molar-refractivity contribution >= 4 is 5.69 Å². The molecule has 2 heteroatoms. The maximum absolute atomic E-state index is 5.29. The fraction of sp³-hybridized carbons (Fsp3) is 0.385. The van der Waals surface area contributed by atoms with E-state index < -0.39 is 0 Å². The van der Waals surface area contributed by atoms with Crippen molar-refractivity contribution in [2.75, 3.05) is 32.0 Å². The molecule has 2 nitrogen and oxygen atoms in total. The van der Waals surface area contributed by atoms with E-state index in [1.807, 2.05) is 0 Å². The molecule has 0 fully saturated rings. The van der Waals surface area contributed by atoms with Gasteiger partial charge in [0.1, 0.15) is 0 Å². The number of hydrogen-bond donors (Lipinski definition) is 1. The molecule has 78 valence electrons. The number of anilines is 1. The maximum Gasteiger partial charge on any atom is 0.0596 e. The molecular formula is C13H16N2. The number of para-hydroxylation sites is 1. The van der Waals surface area contributed by atoms with Gasteiger partial charge in [-0.3, -0.25) is 4.90 Å². The molecule has 0 saturated carbocycles. The molecule has 0 aliphatic carbocycles. The summed E-state index contributed by atoms with van der Waals surface area (Å²) < 4.78 is 0. The van der Waals surface area contributed by atoms with Gasteiger partial charge in [0.2, 0.25) is 0 Å². The van der Waals surface area contributed by atoms with Gasteiger partial charge in [0, 0.05) is 24.7 Å². The first-order valence-corrected chi connectivity index (χ1v) is 5.26. The summed E-state index contributed by atoms with van der Waals surface area (Å²) in [5.74, 6) is 3.24. The minimum atomic E-state index is 0.569. The van der Waals surface area contributed by atoms with Crippen LogP contribution in [-0.4, -0.2) is 31.6 Å². The third-order valence-corrected chi connectivity index (χ3v) is 2.83. The number of likely N-dealkylation sites (N-methyl/N-ethyl adjacent to an activating group) is 1. The van der Waals surface area contributed by atoms with Gasteiger partial charge in [-0.1, -0.05) is 24.1 Å². The molecule has 1 aromatic rings. The van der Waals surface area contributed by atoms with Crippen LogP contribution in [0.2, 0.25) is 0 Å². The van der Waals surface area contributed by atoms with Crippen LogP contribution in [0.3, 0.4) is 0 Å². The fourth-order valence-corrected chi connectivity index (χ4v) is 2.12. The van der Waals surface area contributed by atoms with E-state index in [0.717, 1.165) is 19.6 Å². The van der Waals surface area contributed by atoms with E-state index >= 15 is 0 Å². The van der Waals surface area contributed by atoms with Crippen LogP contribution in [0.5, 0.6) is 0 Å². The standard InChI is InChI=1S/C13H16N2/c1-3-8-15(2)10-11-9-14-13-7-5-4-6-12(11)13/h1,4-7,11,14H,8-10H2,2H3. The van der Waals surface area contributed by atoms with E-state index in [0.29, 0.717) is 5.92 Å². The average Bonchev–Trinajstić information content (AvgIpc) is 2.62. The van der Waals surface area contributed by atoms with Gasteiger partial charge in [0.25, 0.3) is 0 Å². The van der Waals surface area contributed by atoms with Crippen molar-refractivity contribution in [3.63, 3.8) is 0 Å². The zero-order valence-electron chi connectivity index (χ0n) is 9.03. The molecule has 1 heterocycles. The zero-order chi connectivity index (χ0) is 10.7. The van der Waals surface area contributed by atoms with Crippen molar-refractivity contribution in [3.8, 4) is 12.3 Å². The summed E-state index contributed by atoms with van der Waals surface area (Å²) in [5.41, 5.74) is 2.69. The Balaban J connectivity index is 2.05. The summed E-state index contributed by atoms with van der Waals surface area (Å²) in [7, 11) is 2.07. The Labute approximate surface area is 91.3 Å². The minimum Gasteiger partial charge on any atom is -0.384 e. The summed E-state index contributed by atoms with van der Waals surface area (Å²) >= 11 is 0. The predicted octanol–water partition coefficient (Wildman–Crippen LogP) is 1.76. The number of rotatable bonds is 3. The van der Waals surface area contributed by atoms with Gasteiger partial charge in [-0.15, -0.1) is 6.42 Å². The Morgan fingerprint density at radius 3 is 3.13 bits per heavy atom.